The minimum absolute atomic E-state index is 0.0143. The zero-order valence-corrected chi connectivity index (χ0v) is 22.1. The van der Waals surface area contributed by atoms with Gasteiger partial charge in [-0.15, -0.1) is 0 Å². The lowest BCUT2D eigenvalue weighted by atomic mass is 9.87. The van der Waals surface area contributed by atoms with Crippen molar-refractivity contribution in [3.8, 4) is 5.69 Å². The summed E-state index contributed by atoms with van der Waals surface area (Å²) < 4.78 is 2.24. The molecule has 0 spiro atoms. The molecule has 0 bridgehead atoms. The van der Waals surface area contributed by atoms with Gasteiger partial charge in [0.2, 0.25) is 0 Å². The highest BCUT2D eigenvalue weighted by Gasteiger charge is 2.32. The minimum Gasteiger partial charge on any atom is -0.318 e. The van der Waals surface area contributed by atoms with Gasteiger partial charge >= 0.3 is 0 Å². The van der Waals surface area contributed by atoms with E-state index in [0.29, 0.717) is 21.6 Å². The predicted molar refractivity (Wildman–Crippen MR) is 145 cm³/mol. The number of halogens is 1. The summed E-state index contributed by atoms with van der Waals surface area (Å²) in [5.74, 6) is -0.0143. The van der Waals surface area contributed by atoms with Crippen LogP contribution in [0.15, 0.2) is 64.5 Å². The number of benzene rings is 2. The summed E-state index contributed by atoms with van der Waals surface area (Å²) in [6.07, 6.45) is 1.99. The number of amidine groups is 1. The number of carbonyl (C=O) groups excluding carboxylic acids is 1. The van der Waals surface area contributed by atoms with Crippen molar-refractivity contribution in [1.29, 1.82) is 0 Å². The fourth-order valence-electron chi connectivity index (χ4n) is 4.08. The maximum absolute atomic E-state index is 13.1. The van der Waals surface area contributed by atoms with Gasteiger partial charge in [-0.1, -0.05) is 44.5 Å². The fraction of sp³-hybridized carbons (Fsp3) is 0.286. The maximum Gasteiger partial charge on any atom is 0.266 e. The van der Waals surface area contributed by atoms with Gasteiger partial charge in [-0.2, -0.15) is 0 Å². The Morgan fingerprint density at radius 2 is 1.68 bits per heavy atom. The number of carbonyl (C=O) groups is 1. The van der Waals surface area contributed by atoms with E-state index in [1.54, 1.807) is 17.0 Å². The molecule has 34 heavy (non-hydrogen) atoms. The van der Waals surface area contributed by atoms with Gasteiger partial charge in [0, 0.05) is 28.6 Å². The molecule has 1 amide bonds. The van der Waals surface area contributed by atoms with Crippen molar-refractivity contribution in [3.05, 3.63) is 87.0 Å². The summed E-state index contributed by atoms with van der Waals surface area (Å²) in [5.41, 5.74) is 6.59. The highest BCUT2D eigenvalue weighted by Crippen LogP contribution is 2.35. The molecule has 0 N–H and O–H groups in total. The van der Waals surface area contributed by atoms with Crippen LogP contribution in [0.2, 0.25) is 5.02 Å². The summed E-state index contributed by atoms with van der Waals surface area (Å²) in [6.45, 7) is 13.4. The number of aryl methyl sites for hydroxylation is 1. The van der Waals surface area contributed by atoms with Gasteiger partial charge in [-0.25, -0.2) is 4.99 Å². The van der Waals surface area contributed by atoms with E-state index in [2.05, 4.69) is 69.5 Å². The molecule has 2 heterocycles. The molecule has 1 aliphatic heterocycles. The number of nitrogens with zero attached hydrogens (tertiary/aromatic N) is 3. The molecule has 1 fully saturated rings. The minimum atomic E-state index is -0.0143. The Kier molecular flexibility index (Phi) is 6.79. The summed E-state index contributed by atoms with van der Waals surface area (Å²) in [6, 6.07) is 18.2. The smallest absolute Gasteiger partial charge is 0.266 e. The third-order valence-corrected chi connectivity index (χ3v) is 7.26. The van der Waals surface area contributed by atoms with Crippen LogP contribution in [0, 0.1) is 13.8 Å². The number of aromatic nitrogens is 1. The van der Waals surface area contributed by atoms with Crippen molar-refractivity contribution in [1.82, 2.24) is 9.47 Å². The number of rotatable bonds is 4. The molecule has 3 aromatic rings. The number of hydrogen-bond donors (Lipinski definition) is 0. The lowest BCUT2D eigenvalue weighted by Gasteiger charge is -2.20. The molecular weight excluding hydrogens is 462 g/mol. The highest BCUT2D eigenvalue weighted by molar-refractivity contribution is 8.18. The van der Waals surface area contributed by atoms with Crippen molar-refractivity contribution in [2.75, 3.05) is 6.54 Å². The summed E-state index contributed by atoms with van der Waals surface area (Å²) in [7, 11) is 0. The van der Waals surface area contributed by atoms with E-state index < -0.39 is 0 Å². The van der Waals surface area contributed by atoms with Crippen molar-refractivity contribution in [2.45, 2.75) is 47.0 Å². The number of thioether (sulfide) groups is 1. The van der Waals surface area contributed by atoms with Crippen molar-refractivity contribution in [3.63, 3.8) is 0 Å². The summed E-state index contributed by atoms with van der Waals surface area (Å²) >= 11 is 7.41. The van der Waals surface area contributed by atoms with Gasteiger partial charge in [0.05, 0.1) is 10.6 Å². The zero-order chi connectivity index (χ0) is 24.6. The number of hydrogen-bond acceptors (Lipinski definition) is 3. The zero-order valence-electron chi connectivity index (χ0n) is 20.5. The van der Waals surface area contributed by atoms with E-state index in [4.69, 9.17) is 16.6 Å². The van der Waals surface area contributed by atoms with E-state index >= 15 is 0 Å². The molecule has 6 heteroatoms. The molecular formula is C28H30ClN3OS. The van der Waals surface area contributed by atoms with Crippen molar-refractivity contribution < 1.29 is 4.79 Å². The van der Waals surface area contributed by atoms with Crippen LogP contribution < -0.4 is 0 Å². The predicted octanol–water partition coefficient (Wildman–Crippen LogP) is 7.67. The molecule has 1 aliphatic rings. The molecule has 0 unspecified atom stereocenters. The Morgan fingerprint density at radius 1 is 1.03 bits per heavy atom. The van der Waals surface area contributed by atoms with E-state index in [1.807, 2.05) is 25.1 Å². The van der Waals surface area contributed by atoms with Gasteiger partial charge < -0.3 is 4.57 Å². The normalized spacial score (nSPS) is 16.8. The highest BCUT2D eigenvalue weighted by atomic mass is 35.5. The van der Waals surface area contributed by atoms with E-state index in [0.717, 1.165) is 28.3 Å². The van der Waals surface area contributed by atoms with Gasteiger partial charge in [-0.05, 0) is 97.6 Å². The number of likely N-dealkylation sites (N-methyl/N-ethyl adjacent to an activating group) is 1. The Labute approximate surface area is 211 Å². The molecule has 4 nitrogen and oxygen atoms in total. The van der Waals surface area contributed by atoms with Crippen LogP contribution in [-0.2, 0) is 10.2 Å². The first-order valence-corrected chi connectivity index (χ1v) is 12.6. The first-order chi connectivity index (χ1) is 16.1. The topological polar surface area (TPSA) is 37.6 Å². The number of amides is 1. The fourth-order valence-corrected chi connectivity index (χ4v) is 5.26. The van der Waals surface area contributed by atoms with Gasteiger partial charge in [0.15, 0.2) is 5.17 Å². The third-order valence-electron chi connectivity index (χ3n) is 6.00. The third kappa shape index (κ3) is 4.86. The molecule has 0 atom stereocenters. The van der Waals surface area contributed by atoms with E-state index in [1.165, 1.54) is 17.3 Å². The second kappa shape index (κ2) is 9.47. The van der Waals surface area contributed by atoms with Crippen molar-refractivity contribution in [2.24, 2.45) is 4.99 Å². The first kappa shape index (κ1) is 24.4. The van der Waals surface area contributed by atoms with Crippen LogP contribution in [0.5, 0.6) is 0 Å². The molecule has 0 saturated carbocycles. The molecule has 0 radical (unpaired) electrons. The molecule has 176 valence electrons. The quantitative estimate of drug-likeness (QED) is 0.351. The largest absolute Gasteiger partial charge is 0.318 e. The van der Waals surface area contributed by atoms with Crippen molar-refractivity contribution >= 4 is 46.2 Å². The van der Waals surface area contributed by atoms with Crippen LogP contribution in [0.25, 0.3) is 11.8 Å². The lowest BCUT2D eigenvalue weighted by Crippen LogP contribution is -2.28. The van der Waals surface area contributed by atoms with Gasteiger partial charge in [0.1, 0.15) is 0 Å². The van der Waals surface area contributed by atoms with Crippen LogP contribution >= 0.6 is 23.4 Å². The van der Waals surface area contributed by atoms with Crippen LogP contribution in [0.1, 0.15) is 50.2 Å². The summed E-state index contributed by atoms with van der Waals surface area (Å²) in [5, 5.41) is 1.35. The maximum atomic E-state index is 13.1. The number of aliphatic imine (C=N–C) groups is 1. The Balaban J connectivity index is 1.67. The van der Waals surface area contributed by atoms with Gasteiger partial charge in [-0.3, -0.25) is 9.69 Å². The molecule has 4 rings (SSSR count). The average molecular weight is 492 g/mol. The average Bonchev–Trinajstić information content (AvgIpc) is 3.23. The second-order valence-corrected chi connectivity index (χ2v) is 10.9. The second-order valence-electron chi connectivity index (χ2n) is 9.49. The van der Waals surface area contributed by atoms with Crippen LogP contribution in [0.4, 0.5) is 5.69 Å². The van der Waals surface area contributed by atoms with E-state index in [-0.39, 0.29) is 11.3 Å². The first-order valence-electron chi connectivity index (χ1n) is 11.4. The lowest BCUT2D eigenvalue weighted by molar-refractivity contribution is -0.122. The SMILES string of the molecule is CCN1C(=O)/C(=C/c2cc(C)n(-c3ccc(C(C)(C)C)cc3)c2C)SC1=Nc1ccc(Cl)cc1. The Hall–Kier alpha value is -2.76. The standard InChI is InChI=1S/C28H30ClN3OS/c1-7-31-26(33)25(34-27(31)30-23-12-10-22(29)11-13-23)17-20-16-18(2)32(19(20)3)24-14-8-21(9-15-24)28(4,5)6/h8-17H,7H2,1-6H3/b25-17-,30-27?. The Bertz CT molecular complexity index is 1280. The monoisotopic (exact) mass is 491 g/mol. The van der Waals surface area contributed by atoms with Gasteiger partial charge in [0.25, 0.3) is 5.91 Å². The van der Waals surface area contributed by atoms with Crippen LogP contribution in [-0.4, -0.2) is 27.1 Å². The molecule has 0 aliphatic carbocycles. The summed E-state index contributed by atoms with van der Waals surface area (Å²) in [4.78, 5) is 20.2. The molecule has 1 saturated heterocycles. The Morgan fingerprint density at radius 3 is 2.26 bits per heavy atom. The molecule has 2 aromatic carbocycles. The van der Waals surface area contributed by atoms with E-state index in [9.17, 15) is 4.79 Å². The molecule has 1 aromatic heterocycles. The van der Waals surface area contributed by atoms with Crippen LogP contribution in [0.3, 0.4) is 0 Å².